The van der Waals surface area contributed by atoms with Gasteiger partial charge in [-0.15, -0.1) is 0 Å². The maximum Gasteiger partial charge on any atom is 0.0896 e. The summed E-state index contributed by atoms with van der Waals surface area (Å²) in [5, 5.41) is 10.4. The van der Waals surface area contributed by atoms with E-state index >= 15 is 0 Å². The fourth-order valence-electron chi connectivity index (χ4n) is 2.96. The van der Waals surface area contributed by atoms with Crippen LogP contribution in [-0.2, 0) is 6.42 Å². The second kappa shape index (κ2) is 5.50. The van der Waals surface area contributed by atoms with Crippen molar-refractivity contribution in [3.8, 4) is 11.4 Å². The van der Waals surface area contributed by atoms with Crippen molar-refractivity contribution in [2.75, 3.05) is 6.61 Å². The average molecular weight is 290 g/mol. The number of hydrogen-bond donors (Lipinski definition) is 1. The van der Waals surface area contributed by atoms with Crippen LogP contribution in [-0.4, -0.2) is 21.7 Å². The second-order valence-electron chi connectivity index (χ2n) is 5.91. The molecule has 0 spiro atoms. The Morgan fingerprint density at radius 1 is 1.05 bits per heavy atom. The molecule has 1 N–H and O–H groups in total. The SMILES string of the molecule is OCCc1ccc2nc(-c3ccccn3)cc(C3CC3)c2c1. The van der Waals surface area contributed by atoms with Crippen molar-refractivity contribution in [1.29, 1.82) is 0 Å². The number of aliphatic hydroxyl groups excluding tert-OH is 1. The average Bonchev–Trinajstić information content (AvgIpc) is 3.40. The number of aromatic nitrogens is 2. The fraction of sp³-hybridized carbons (Fsp3) is 0.263. The summed E-state index contributed by atoms with van der Waals surface area (Å²) in [4.78, 5) is 9.22. The van der Waals surface area contributed by atoms with Crippen LogP contribution in [0.5, 0.6) is 0 Å². The van der Waals surface area contributed by atoms with Crippen LogP contribution in [0.25, 0.3) is 22.3 Å². The monoisotopic (exact) mass is 290 g/mol. The van der Waals surface area contributed by atoms with Crippen molar-refractivity contribution < 1.29 is 5.11 Å². The molecule has 0 amide bonds. The largest absolute Gasteiger partial charge is 0.396 e. The van der Waals surface area contributed by atoms with Gasteiger partial charge in [0, 0.05) is 18.2 Å². The Morgan fingerprint density at radius 3 is 2.68 bits per heavy atom. The van der Waals surface area contributed by atoms with Crippen LogP contribution >= 0.6 is 0 Å². The Kier molecular flexibility index (Phi) is 3.35. The predicted octanol–water partition coefficient (Wildman–Crippen LogP) is 3.71. The van der Waals surface area contributed by atoms with Gasteiger partial charge in [0.1, 0.15) is 0 Å². The van der Waals surface area contributed by atoms with Crippen LogP contribution in [0, 0.1) is 0 Å². The van der Waals surface area contributed by atoms with Gasteiger partial charge in [-0.2, -0.15) is 0 Å². The van der Waals surface area contributed by atoms with Gasteiger partial charge in [-0.3, -0.25) is 4.98 Å². The molecular weight excluding hydrogens is 272 g/mol. The zero-order valence-electron chi connectivity index (χ0n) is 12.4. The highest BCUT2D eigenvalue weighted by molar-refractivity contribution is 5.86. The van der Waals surface area contributed by atoms with Crippen LogP contribution in [0.2, 0.25) is 0 Å². The molecule has 0 radical (unpaired) electrons. The molecule has 2 aromatic heterocycles. The number of benzene rings is 1. The number of nitrogens with zero attached hydrogens (tertiary/aromatic N) is 2. The summed E-state index contributed by atoms with van der Waals surface area (Å²) in [7, 11) is 0. The minimum absolute atomic E-state index is 0.184. The first-order chi connectivity index (χ1) is 10.8. The molecule has 1 aromatic carbocycles. The van der Waals surface area contributed by atoms with Gasteiger partial charge in [0.2, 0.25) is 0 Å². The van der Waals surface area contributed by atoms with Gasteiger partial charge in [-0.05, 0) is 66.6 Å². The highest BCUT2D eigenvalue weighted by Crippen LogP contribution is 2.44. The third-order valence-corrected chi connectivity index (χ3v) is 4.25. The summed E-state index contributed by atoms with van der Waals surface area (Å²) in [5.74, 6) is 0.650. The first-order valence-corrected chi connectivity index (χ1v) is 7.81. The van der Waals surface area contributed by atoms with Gasteiger partial charge in [-0.1, -0.05) is 12.1 Å². The molecule has 4 rings (SSSR count). The second-order valence-corrected chi connectivity index (χ2v) is 5.91. The van der Waals surface area contributed by atoms with Crippen LogP contribution < -0.4 is 0 Å². The lowest BCUT2D eigenvalue weighted by molar-refractivity contribution is 0.299. The number of pyridine rings is 2. The molecule has 1 aliphatic carbocycles. The summed E-state index contributed by atoms with van der Waals surface area (Å²) < 4.78 is 0. The van der Waals surface area contributed by atoms with E-state index in [0.717, 1.165) is 16.9 Å². The minimum Gasteiger partial charge on any atom is -0.396 e. The maximum atomic E-state index is 9.15. The zero-order chi connectivity index (χ0) is 14.9. The molecule has 0 aliphatic heterocycles. The van der Waals surface area contributed by atoms with Crippen molar-refractivity contribution in [2.24, 2.45) is 0 Å². The quantitative estimate of drug-likeness (QED) is 0.796. The predicted molar refractivity (Wildman–Crippen MR) is 87.7 cm³/mol. The molecule has 1 saturated carbocycles. The molecule has 3 aromatic rings. The third kappa shape index (κ3) is 2.48. The summed E-state index contributed by atoms with van der Waals surface area (Å²) in [6.45, 7) is 0.184. The van der Waals surface area contributed by atoms with E-state index in [2.05, 4.69) is 29.2 Å². The van der Waals surface area contributed by atoms with Crippen molar-refractivity contribution in [3.05, 3.63) is 59.8 Å². The lowest BCUT2D eigenvalue weighted by atomic mass is 10.00. The van der Waals surface area contributed by atoms with Gasteiger partial charge in [-0.25, -0.2) is 4.98 Å². The van der Waals surface area contributed by atoms with Crippen LogP contribution in [0.1, 0.15) is 29.9 Å². The summed E-state index contributed by atoms with van der Waals surface area (Å²) in [6.07, 6.45) is 5.01. The fourth-order valence-corrected chi connectivity index (χ4v) is 2.96. The molecule has 22 heavy (non-hydrogen) atoms. The molecule has 3 heteroatoms. The van der Waals surface area contributed by atoms with Crippen molar-refractivity contribution in [3.63, 3.8) is 0 Å². The Hall–Kier alpha value is -2.26. The Bertz CT molecular complexity index is 810. The molecule has 0 bridgehead atoms. The molecule has 3 nitrogen and oxygen atoms in total. The third-order valence-electron chi connectivity index (χ3n) is 4.25. The first-order valence-electron chi connectivity index (χ1n) is 7.81. The minimum atomic E-state index is 0.184. The summed E-state index contributed by atoms with van der Waals surface area (Å²) >= 11 is 0. The van der Waals surface area contributed by atoms with Gasteiger partial charge >= 0.3 is 0 Å². The lowest BCUT2D eigenvalue weighted by Gasteiger charge is -2.10. The van der Waals surface area contributed by atoms with Crippen molar-refractivity contribution in [1.82, 2.24) is 9.97 Å². The molecule has 110 valence electrons. The van der Waals surface area contributed by atoms with Gasteiger partial charge in [0.05, 0.1) is 16.9 Å². The normalized spacial score (nSPS) is 14.4. The molecule has 2 heterocycles. The Balaban J connectivity index is 1.90. The van der Waals surface area contributed by atoms with E-state index in [-0.39, 0.29) is 6.61 Å². The Morgan fingerprint density at radius 2 is 1.95 bits per heavy atom. The molecule has 1 fully saturated rings. The smallest absolute Gasteiger partial charge is 0.0896 e. The molecule has 1 aliphatic rings. The van der Waals surface area contributed by atoms with Crippen molar-refractivity contribution in [2.45, 2.75) is 25.2 Å². The van der Waals surface area contributed by atoms with Gasteiger partial charge in [0.25, 0.3) is 0 Å². The van der Waals surface area contributed by atoms with E-state index in [4.69, 9.17) is 10.1 Å². The van der Waals surface area contributed by atoms with E-state index in [1.807, 2.05) is 24.4 Å². The number of fused-ring (bicyclic) bond motifs is 1. The zero-order valence-corrected chi connectivity index (χ0v) is 12.4. The topological polar surface area (TPSA) is 46.0 Å². The van der Waals surface area contributed by atoms with Gasteiger partial charge in [0.15, 0.2) is 0 Å². The molecule has 0 atom stereocenters. The number of aliphatic hydroxyl groups is 1. The molecule has 0 saturated heterocycles. The van der Waals surface area contributed by atoms with Crippen LogP contribution in [0.4, 0.5) is 0 Å². The van der Waals surface area contributed by atoms with Crippen LogP contribution in [0.3, 0.4) is 0 Å². The number of hydrogen-bond acceptors (Lipinski definition) is 3. The van der Waals surface area contributed by atoms with E-state index in [0.29, 0.717) is 12.3 Å². The van der Waals surface area contributed by atoms with Crippen molar-refractivity contribution >= 4 is 10.9 Å². The highest BCUT2D eigenvalue weighted by atomic mass is 16.2. The van der Waals surface area contributed by atoms with E-state index in [1.54, 1.807) is 0 Å². The van der Waals surface area contributed by atoms with E-state index in [9.17, 15) is 0 Å². The summed E-state index contributed by atoms with van der Waals surface area (Å²) in [6, 6.07) is 14.4. The molecule has 0 unspecified atom stereocenters. The Labute approximate surface area is 129 Å². The molecular formula is C19H18N2O. The first kappa shape index (κ1) is 13.4. The standard InChI is InChI=1S/C19H18N2O/c22-10-8-13-4-7-17-16(11-13)15(14-5-6-14)12-19(21-17)18-3-1-2-9-20-18/h1-4,7,9,11-12,14,22H,5-6,8,10H2. The van der Waals surface area contributed by atoms with Crippen LogP contribution in [0.15, 0.2) is 48.7 Å². The summed E-state index contributed by atoms with van der Waals surface area (Å²) in [5.41, 5.74) is 5.44. The lowest BCUT2D eigenvalue weighted by Crippen LogP contribution is -1.95. The van der Waals surface area contributed by atoms with Gasteiger partial charge < -0.3 is 5.11 Å². The van der Waals surface area contributed by atoms with E-state index in [1.165, 1.54) is 29.4 Å². The van der Waals surface area contributed by atoms with E-state index < -0.39 is 0 Å². The highest BCUT2D eigenvalue weighted by Gasteiger charge is 2.26. The maximum absolute atomic E-state index is 9.15. The number of rotatable bonds is 4.